The molecule has 2 bridgehead atoms. The molecule has 5 heteroatoms. The lowest BCUT2D eigenvalue weighted by Crippen LogP contribution is -2.45. The molecule has 5 nitrogen and oxygen atoms in total. The lowest BCUT2D eigenvalue weighted by molar-refractivity contribution is -0.127. The molecule has 1 heterocycles. The number of imidazole rings is 1. The van der Waals surface area contributed by atoms with Crippen LogP contribution < -0.4 is 11.1 Å². The molecule has 2 saturated carbocycles. The highest BCUT2D eigenvalue weighted by Crippen LogP contribution is 2.47. The predicted molar refractivity (Wildman–Crippen MR) is 72.2 cm³/mol. The number of aryl methyl sites for hydroxylation is 1. The maximum Gasteiger partial charge on any atom is 0.224 e. The van der Waals surface area contributed by atoms with Gasteiger partial charge in [-0.3, -0.25) is 4.79 Å². The van der Waals surface area contributed by atoms with Crippen molar-refractivity contribution in [3.63, 3.8) is 0 Å². The number of aromatic amines is 1. The summed E-state index contributed by atoms with van der Waals surface area (Å²) in [5.41, 5.74) is 6.17. The number of nitrogens with one attached hydrogen (secondary N) is 2. The van der Waals surface area contributed by atoms with Crippen LogP contribution in [-0.2, 0) is 11.2 Å². The molecular formula is C14H22N4O. The summed E-state index contributed by atoms with van der Waals surface area (Å²) in [6.07, 6.45) is 8.92. The second kappa shape index (κ2) is 5.33. The van der Waals surface area contributed by atoms with Gasteiger partial charge in [0.2, 0.25) is 5.91 Å². The fraction of sp³-hybridized carbons (Fsp3) is 0.714. The number of carbonyl (C=O) groups excluding carboxylic acids is 1. The Balaban J connectivity index is 1.42. The molecule has 4 N–H and O–H groups in total. The number of hydrogen-bond acceptors (Lipinski definition) is 3. The van der Waals surface area contributed by atoms with Crippen LogP contribution in [0.15, 0.2) is 12.4 Å². The Labute approximate surface area is 113 Å². The van der Waals surface area contributed by atoms with E-state index in [2.05, 4.69) is 15.3 Å². The van der Waals surface area contributed by atoms with E-state index in [9.17, 15) is 4.79 Å². The van der Waals surface area contributed by atoms with Crippen LogP contribution in [0.3, 0.4) is 0 Å². The van der Waals surface area contributed by atoms with Crippen molar-refractivity contribution >= 4 is 5.91 Å². The molecule has 2 aliphatic rings. The van der Waals surface area contributed by atoms with E-state index in [0.29, 0.717) is 18.4 Å². The van der Waals surface area contributed by atoms with Crippen LogP contribution in [0.5, 0.6) is 0 Å². The first-order valence-corrected chi connectivity index (χ1v) is 7.27. The van der Waals surface area contributed by atoms with Gasteiger partial charge < -0.3 is 16.0 Å². The van der Waals surface area contributed by atoms with E-state index in [4.69, 9.17) is 5.73 Å². The van der Waals surface area contributed by atoms with Gasteiger partial charge in [-0.15, -0.1) is 0 Å². The molecule has 0 aliphatic heterocycles. The van der Waals surface area contributed by atoms with Crippen LogP contribution in [0.4, 0.5) is 0 Å². The Kier molecular flexibility index (Phi) is 3.55. The summed E-state index contributed by atoms with van der Waals surface area (Å²) in [5, 5.41) is 3.04. The molecule has 1 amide bonds. The van der Waals surface area contributed by atoms with Gasteiger partial charge in [0.1, 0.15) is 5.82 Å². The number of rotatable bonds is 5. The van der Waals surface area contributed by atoms with E-state index in [1.807, 2.05) is 6.20 Å². The number of H-pyrrole nitrogens is 1. The van der Waals surface area contributed by atoms with Gasteiger partial charge in [0, 0.05) is 31.4 Å². The number of nitrogens with two attached hydrogens (primary N) is 1. The summed E-state index contributed by atoms with van der Waals surface area (Å²) in [6.45, 7) is 0.708. The largest absolute Gasteiger partial charge is 0.356 e. The van der Waals surface area contributed by atoms with Crippen LogP contribution in [0, 0.1) is 17.8 Å². The van der Waals surface area contributed by atoms with Gasteiger partial charge in [-0.1, -0.05) is 0 Å². The van der Waals surface area contributed by atoms with Gasteiger partial charge >= 0.3 is 0 Å². The second-order valence-corrected chi connectivity index (χ2v) is 5.87. The molecule has 2 fully saturated rings. The van der Waals surface area contributed by atoms with E-state index in [1.165, 1.54) is 12.8 Å². The number of aromatic nitrogens is 2. The molecule has 1 aromatic heterocycles. The third-order valence-corrected chi connectivity index (χ3v) is 4.73. The second-order valence-electron chi connectivity index (χ2n) is 5.87. The van der Waals surface area contributed by atoms with Crippen molar-refractivity contribution in [1.29, 1.82) is 0 Å². The Bertz CT molecular complexity index is 429. The van der Waals surface area contributed by atoms with Crippen LogP contribution in [0.2, 0.25) is 0 Å². The Hall–Kier alpha value is -1.36. The number of fused-ring (bicyclic) bond motifs is 2. The van der Waals surface area contributed by atoms with Gasteiger partial charge in [0.15, 0.2) is 0 Å². The minimum Gasteiger partial charge on any atom is -0.356 e. The van der Waals surface area contributed by atoms with Gasteiger partial charge in [-0.05, 0) is 37.5 Å². The van der Waals surface area contributed by atoms with Gasteiger partial charge in [0.05, 0.1) is 5.92 Å². The molecular weight excluding hydrogens is 240 g/mol. The van der Waals surface area contributed by atoms with E-state index in [-0.39, 0.29) is 17.9 Å². The smallest absolute Gasteiger partial charge is 0.224 e. The highest BCUT2D eigenvalue weighted by atomic mass is 16.1. The molecule has 0 spiro atoms. The summed E-state index contributed by atoms with van der Waals surface area (Å²) in [4.78, 5) is 19.4. The highest BCUT2D eigenvalue weighted by molar-refractivity contribution is 5.80. The minimum atomic E-state index is 0.0577. The Morgan fingerprint density at radius 2 is 2.32 bits per heavy atom. The molecule has 3 rings (SSSR count). The lowest BCUT2D eigenvalue weighted by Gasteiger charge is -2.26. The van der Waals surface area contributed by atoms with E-state index in [0.717, 1.165) is 25.1 Å². The first kappa shape index (κ1) is 12.7. The zero-order valence-electron chi connectivity index (χ0n) is 11.1. The molecule has 104 valence electrons. The standard InChI is InChI=1S/C14H22N4O/c15-13-10-4-3-9(8-10)12(13)14(19)18-5-1-2-11-16-6-7-17-11/h6-7,9-10,12-13H,1-5,8,15H2,(H,16,17)(H,18,19). The number of hydrogen-bond donors (Lipinski definition) is 3. The van der Waals surface area contributed by atoms with Crippen LogP contribution in [0.1, 0.15) is 31.5 Å². The van der Waals surface area contributed by atoms with Gasteiger partial charge in [0.25, 0.3) is 0 Å². The fourth-order valence-corrected chi connectivity index (χ4v) is 3.74. The van der Waals surface area contributed by atoms with Crippen molar-refractivity contribution in [2.45, 2.75) is 38.1 Å². The maximum absolute atomic E-state index is 12.2. The zero-order chi connectivity index (χ0) is 13.2. The number of amides is 1. The lowest BCUT2D eigenvalue weighted by atomic mass is 9.84. The summed E-state index contributed by atoms with van der Waals surface area (Å²) >= 11 is 0. The molecule has 0 radical (unpaired) electrons. The highest BCUT2D eigenvalue weighted by Gasteiger charge is 2.48. The Morgan fingerprint density at radius 3 is 3.00 bits per heavy atom. The monoisotopic (exact) mass is 262 g/mol. The van der Waals surface area contributed by atoms with Crippen molar-refractivity contribution in [1.82, 2.24) is 15.3 Å². The Morgan fingerprint density at radius 1 is 1.47 bits per heavy atom. The maximum atomic E-state index is 12.2. The third-order valence-electron chi connectivity index (χ3n) is 4.73. The van der Waals surface area contributed by atoms with Crippen molar-refractivity contribution < 1.29 is 4.79 Å². The fourth-order valence-electron chi connectivity index (χ4n) is 3.74. The topological polar surface area (TPSA) is 83.8 Å². The third kappa shape index (κ3) is 2.52. The van der Waals surface area contributed by atoms with Crippen LogP contribution >= 0.6 is 0 Å². The summed E-state index contributed by atoms with van der Waals surface area (Å²) in [5.74, 6) is 2.32. The van der Waals surface area contributed by atoms with Crippen molar-refractivity contribution in [2.75, 3.05) is 6.54 Å². The minimum absolute atomic E-state index is 0.0577. The first-order chi connectivity index (χ1) is 9.25. The molecule has 0 saturated heterocycles. The van der Waals surface area contributed by atoms with Crippen LogP contribution in [-0.4, -0.2) is 28.5 Å². The molecule has 4 atom stereocenters. The average molecular weight is 262 g/mol. The van der Waals surface area contributed by atoms with Crippen molar-refractivity contribution in [3.05, 3.63) is 18.2 Å². The summed E-state index contributed by atoms with van der Waals surface area (Å²) in [7, 11) is 0. The van der Waals surface area contributed by atoms with Crippen molar-refractivity contribution in [2.24, 2.45) is 23.5 Å². The molecule has 2 aliphatic carbocycles. The van der Waals surface area contributed by atoms with E-state index in [1.54, 1.807) is 6.20 Å². The first-order valence-electron chi connectivity index (χ1n) is 7.27. The zero-order valence-corrected chi connectivity index (χ0v) is 11.1. The van der Waals surface area contributed by atoms with Gasteiger partial charge in [-0.25, -0.2) is 4.98 Å². The molecule has 0 aromatic carbocycles. The normalized spacial score (nSPS) is 32.7. The van der Waals surface area contributed by atoms with Crippen molar-refractivity contribution in [3.8, 4) is 0 Å². The quantitative estimate of drug-likeness (QED) is 0.687. The average Bonchev–Trinajstić information content (AvgIpc) is 3.10. The van der Waals surface area contributed by atoms with Crippen LogP contribution in [0.25, 0.3) is 0 Å². The number of nitrogens with zero attached hydrogens (tertiary/aromatic N) is 1. The molecule has 4 unspecified atom stereocenters. The summed E-state index contributed by atoms with van der Waals surface area (Å²) < 4.78 is 0. The molecule has 1 aromatic rings. The SMILES string of the molecule is NC1C2CCC(C2)C1C(=O)NCCCc1ncc[nH]1. The van der Waals surface area contributed by atoms with E-state index < -0.39 is 0 Å². The number of carbonyl (C=O) groups is 1. The predicted octanol–water partition coefficient (Wildman–Crippen LogP) is 0.832. The van der Waals surface area contributed by atoms with Gasteiger partial charge in [-0.2, -0.15) is 0 Å². The molecule has 19 heavy (non-hydrogen) atoms. The summed E-state index contributed by atoms with van der Waals surface area (Å²) in [6, 6.07) is 0.0869. The van der Waals surface area contributed by atoms with E-state index >= 15 is 0 Å².